The molecule has 0 fully saturated rings. The van der Waals surface area contributed by atoms with Crippen molar-refractivity contribution < 1.29 is 2.85 Å². The van der Waals surface area contributed by atoms with Crippen molar-refractivity contribution in [2.45, 2.75) is 0 Å². The van der Waals surface area contributed by atoms with E-state index >= 15 is 0 Å². The van der Waals surface area contributed by atoms with Crippen LogP contribution in [0.25, 0.3) is 6.08 Å². The van der Waals surface area contributed by atoms with Crippen molar-refractivity contribution in [1.29, 1.82) is 0 Å². The zero-order valence-electron chi connectivity index (χ0n) is 7.68. The summed E-state index contributed by atoms with van der Waals surface area (Å²) in [5, 5.41) is 0.764. The van der Waals surface area contributed by atoms with E-state index in [-0.39, 0.29) is 25.9 Å². The molecule has 0 aliphatic rings. The van der Waals surface area contributed by atoms with Gasteiger partial charge in [0.15, 0.2) is 0 Å². The Morgan fingerprint density at radius 3 is 2.20 bits per heavy atom. The number of hydrogen-bond donors (Lipinski definition) is 0. The Morgan fingerprint density at radius 1 is 1.30 bits per heavy atom. The monoisotopic (exact) mass is 164 g/mol. The molecule has 1 aromatic rings. The van der Waals surface area contributed by atoms with Crippen LogP contribution in [-0.2, 0) is 0 Å². The third-order valence-electron chi connectivity index (χ3n) is 1.11. The second kappa shape index (κ2) is 4.77. The van der Waals surface area contributed by atoms with Gasteiger partial charge in [-0.1, -0.05) is 36.4 Å². The van der Waals surface area contributed by atoms with Gasteiger partial charge >= 0.3 is 23.1 Å². The molecular weight excluding hydrogens is 156 g/mol. The predicted octanol–water partition coefficient (Wildman–Crippen LogP) is 2.83. The predicted molar refractivity (Wildman–Crippen MR) is 49.5 cm³/mol. The van der Waals surface area contributed by atoms with Gasteiger partial charge in [-0.25, -0.2) is 0 Å². The molecule has 1 rings (SSSR count). The summed E-state index contributed by atoms with van der Waals surface area (Å²) in [6.07, 6.45) is 1.79. The van der Waals surface area contributed by atoms with Crippen molar-refractivity contribution in [3.05, 3.63) is 41.4 Å². The van der Waals surface area contributed by atoms with Crippen LogP contribution in [0.5, 0.6) is 0 Å². The van der Waals surface area contributed by atoms with E-state index in [9.17, 15) is 0 Å². The maximum absolute atomic E-state index is 5.63. The maximum atomic E-state index is 5.63. The molecule has 50 valence electrons. The van der Waals surface area contributed by atoms with Crippen LogP contribution >= 0.6 is 11.6 Å². The van der Waals surface area contributed by atoms with E-state index in [0.717, 1.165) is 10.6 Å². The number of halogens is 1. The van der Waals surface area contributed by atoms with Gasteiger partial charge in [-0.3, -0.25) is 0 Å². The molecular formula is C8H9ClMg. The minimum atomic E-state index is 0. The first kappa shape index (κ1) is 10.0. The SMILES string of the molecule is C=Cc1ccc(Cl)cc1.[H-].[H-].[Mg+2]. The molecule has 10 heavy (non-hydrogen) atoms. The minimum absolute atomic E-state index is 0. The van der Waals surface area contributed by atoms with E-state index in [4.69, 9.17) is 11.6 Å². The molecule has 0 bridgehead atoms. The van der Waals surface area contributed by atoms with Crippen molar-refractivity contribution in [3.63, 3.8) is 0 Å². The number of benzene rings is 1. The quantitative estimate of drug-likeness (QED) is 0.561. The van der Waals surface area contributed by atoms with Crippen LogP contribution < -0.4 is 0 Å². The summed E-state index contributed by atoms with van der Waals surface area (Å²) in [4.78, 5) is 0. The molecule has 1 aromatic carbocycles. The topological polar surface area (TPSA) is 0 Å². The first-order valence-electron chi connectivity index (χ1n) is 2.71. The summed E-state index contributed by atoms with van der Waals surface area (Å²) in [5.41, 5.74) is 1.10. The summed E-state index contributed by atoms with van der Waals surface area (Å²) in [6, 6.07) is 7.54. The van der Waals surface area contributed by atoms with E-state index in [0.29, 0.717) is 0 Å². The Kier molecular flexibility index (Phi) is 4.78. The van der Waals surface area contributed by atoms with Crippen LogP contribution in [0.4, 0.5) is 0 Å². The molecule has 0 spiro atoms. The van der Waals surface area contributed by atoms with Gasteiger partial charge in [0.1, 0.15) is 0 Å². The van der Waals surface area contributed by atoms with Gasteiger partial charge in [0, 0.05) is 5.02 Å². The molecule has 0 radical (unpaired) electrons. The number of rotatable bonds is 1. The van der Waals surface area contributed by atoms with E-state index in [1.807, 2.05) is 24.3 Å². The third kappa shape index (κ3) is 2.73. The summed E-state index contributed by atoms with van der Waals surface area (Å²) in [6.45, 7) is 3.62. The van der Waals surface area contributed by atoms with Crippen molar-refractivity contribution in [2.75, 3.05) is 0 Å². The van der Waals surface area contributed by atoms with Crippen LogP contribution in [0.1, 0.15) is 8.42 Å². The first-order valence-corrected chi connectivity index (χ1v) is 3.09. The van der Waals surface area contributed by atoms with Crippen molar-refractivity contribution in [2.24, 2.45) is 0 Å². The van der Waals surface area contributed by atoms with Gasteiger partial charge in [-0.05, 0) is 17.7 Å². The van der Waals surface area contributed by atoms with Crippen LogP contribution in [0, 0.1) is 0 Å². The maximum Gasteiger partial charge on any atom is 2.00 e. The van der Waals surface area contributed by atoms with Crippen LogP contribution in [0.15, 0.2) is 30.8 Å². The fraction of sp³-hybridized carbons (Fsp3) is 0. The Bertz CT molecular complexity index is 211. The normalized spacial score (nSPS) is 8.10. The molecule has 0 aromatic heterocycles. The summed E-state index contributed by atoms with van der Waals surface area (Å²) in [7, 11) is 0. The largest absolute Gasteiger partial charge is 2.00 e. The van der Waals surface area contributed by atoms with E-state index in [1.54, 1.807) is 6.08 Å². The summed E-state index contributed by atoms with van der Waals surface area (Å²) >= 11 is 5.63. The fourth-order valence-electron chi connectivity index (χ4n) is 0.599. The van der Waals surface area contributed by atoms with E-state index < -0.39 is 0 Å². The van der Waals surface area contributed by atoms with Gasteiger partial charge in [0.25, 0.3) is 0 Å². The molecule has 0 unspecified atom stereocenters. The van der Waals surface area contributed by atoms with Gasteiger partial charge < -0.3 is 2.85 Å². The molecule has 2 heteroatoms. The summed E-state index contributed by atoms with van der Waals surface area (Å²) in [5.74, 6) is 0. The van der Waals surface area contributed by atoms with Gasteiger partial charge in [0.2, 0.25) is 0 Å². The standard InChI is InChI=1S/C8H7Cl.Mg.2H/c1-2-7-3-5-8(9)6-4-7;;;/h2-6H,1H2;;;/q;+2;2*-1. The molecule has 0 saturated heterocycles. The van der Waals surface area contributed by atoms with Crippen LogP contribution in [0.3, 0.4) is 0 Å². The van der Waals surface area contributed by atoms with Crippen LogP contribution in [0.2, 0.25) is 5.02 Å². The van der Waals surface area contributed by atoms with Gasteiger partial charge in [-0.15, -0.1) is 0 Å². The molecule has 0 aliphatic heterocycles. The van der Waals surface area contributed by atoms with E-state index in [2.05, 4.69) is 6.58 Å². The Morgan fingerprint density at radius 2 is 1.80 bits per heavy atom. The minimum Gasteiger partial charge on any atom is -1.00 e. The average Bonchev–Trinajstić information content (AvgIpc) is 1.90. The van der Waals surface area contributed by atoms with Crippen molar-refractivity contribution >= 4 is 40.7 Å². The van der Waals surface area contributed by atoms with Gasteiger partial charge in [-0.2, -0.15) is 0 Å². The Hall–Kier alpha value is 0.0162. The smallest absolute Gasteiger partial charge is 1.00 e. The average molecular weight is 165 g/mol. The molecule has 0 atom stereocenters. The summed E-state index contributed by atoms with van der Waals surface area (Å²) < 4.78 is 0. The zero-order valence-corrected chi connectivity index (χ0v) is 7.85. The fourth-order valence-corrected chi connectivity index (χ4v) is 0.725. The Labute approximate surface area is 85.0 Å². The molecule has 0 saturated carbocycles. The third-order valence-corrected chi connectivity index (χ3v) is 1.36. The molecule has 0 amide bonds. The molecule has 0 N–H and O–H groups in total. The number of hydrogen-bond acceptors (Lipinski definition) is 0. The van der Waals surface area contributed by atoms with Gasteiger partial charge in [0.05, 0.1) is 0 Å². The molecule has 0 aliphatic carbocycles. The van der Waals surface area contributed by atoms with Crippen molar-refractivity contribution in [1.82, 2.24) is 0 Å². The van der Waals surface area contributed by atoms with Crippen LogP contribution in [-0.4, -0.2) is 23.1 Å². The second-order valence-corrected chi connectivity index (χ2v) is 2.19. The van der Waals surface area contributed by atoms with E-state index in [1.165, 1.54) is 0 Å². The second-order valence-electron chi connectivity index (χ2n) is 1.76. The van der Waals surface area contributed by atoms with Crippen molar-refractivity contribution in [3.8, 4) is 0 Å². The molecule has 0 nitrogen and oxygen atoms in total. The first-order chi connectivity index (χ1) is 4.33. The zero-order chi connectivity index (χ0) is 6.69. The Balaban J connectivity index is -0.000000270. The molecule has 0 heterocycles.